The Hall–Kier alpha value is -4.16. The molecule has 3 unspecified atom stereocenters. The molecule has 0 spiro atoms. The first-order valence-corrected chi connectivity index (χ1v) is 15.3. The second kappa shape index (κ2) is 14.5. The van der Waals surface area contributed by atoms with Crippen molar-refractivity contribution in [2.24, 2.45) is 5.92 Å². The number of aromatic nitrogens is 2. The number of aliphatic hydroxyl groups is 1. The molecule has 0 amide bonds. The van der Waals surface area contributed by atoms with Crippen molar-refractivity contribution in [1.82, 2.24) is 9.78 Å². The average molecular weight is 633 g/mol. The van der Waals surface area contributed by atoms with Crippen LogP contribution in [-0.4, -0.2) is 27.8 Å². The summed E-state index contributed by atoms with van der Waals surface area (Å²) in [5.74, 6) is 2.03. The van der Waals surface area contributed by atoms with E-state index in [0.29, 0.717) is 52.5 Å². The summed E-state index contributed by atoms with van der Waals surface area (Å²) in [6.45, 7) is 0.855. The zero-order chi connectivity index (χ0) is 31.1. The molecule has 44 heavy (non-hydrogen) atoms. The van der Waals surface area contributed by atoms with Gasteiger partial charge in [0.15, 0.2) is 12.1 Å². The highest BCUT2D eigenvalue weighted by Gasteiger charge is 2.24. The van der Waals surface area contributed by atoms with Gasteiger partial charge in [-0.05, 0) is 97.3 Å². The maximum absolute atomic E-state index is 10.6. The van der Waals surface area contributed by atoms with Crippen molar-refractivity contribution in [1.29, 1.82) is 5.26 Å². The van der Waals surface area contributed by atoms with Gasteiger partial charge < -0.3 is 26.0 Å². The number of aliphatic hydroxyl groups excluding tert-OH is 1. The number of rotatable bonds is 11. The molecule has 1 heterocycles. The summed E-state index contributed by atoms with van der Waals surface area (Å²) in [4.78, 5) is 0. The summed E-state index contributed by atoms with van der Waals surface area (Å²) in [6, 6.07) is 22.7. The van der Waals surface area contributed by atoms with Gasteiger partial charge >= 0.3 is 0 Å². The van der Waals surface area contributed by atoms with E-state index in [1.807, 2.05) is 36.4 Å². The molecule has 10 heteroatoms. The molecule has 1 aliphatic rings. The number of ether oxygens (including phenoxy) is 2. The fourth-order valence-corrected chi connectivity index (χ4v) is 5.87. The van der Waals surface area contributed by atoms with Gasteiger partial charge in [-0.25, -0.2) is 0 Å². The van der Waals surface area contributed by atoms with Crippen molar-refractivity contribution in [3.05, 3.63) is 106 Å². The Kier molecular flexibility index (Phi) is 10.3. The molecule has 0 saturated heterocycles. The lowest BCUT2D eigenvalue weighted by molar-refractivity contribution is -0.0275. The van der Waals surface area contributed by atoms with Crippen molar-refractivity contribution in [3.8, 4) is 17.6 Å². The number of halogens is 2. The molecule has 0 fully saturated rings. The van der Waals surface area contributed by atoms with E-state index >= 15 is 0 Å². The van der Waals surface area contributed by atoms with Crippen LogP contribution in [0.1, 0.15) is 54.7 Å². The standard InChI is InChI=1S/C34H35Cl2N5O3/c35-27-6-11-30(12-7-27)44-33(42)14-2-22-1-3-24(31-19-28(36)8-13-32(31)38)18-25(17-22)23-4-9-29(10-5-23)43-16-15-41-21-26(20-37)34(39)40-41/h4-13,18-19,21-22,25,33,42H,1-3,14-17,38H2,(H2,39,40). The number of benzene rings is 3. The summed E-state index contributed by atoms with van der Waals surface area (Å²) in [5.41, 5.74) is 16.5. The molecular weight excluding hydrogens is 597 g/mol. The molecule has 0 saturated carbocycles. The Morgan fingerprint density at radius 3 is 2.48 bits per heavy atom. The van der Waals surface area contributed by atoms with E-state index in [9.17, 15) is 5.11 Å². The fourth-order valence-electron chi connectivity index (χ4n) is 5.57. The van der Waals surface area contributed by atoms with Gasteiger partial charge in [0.2, 0.25) is 0 Å². The van der Waals surface area contributed by atoms with Gasteiger partial charge in [-0.15, -0.1) is 0 Å². The van der Waals surface area contributed by atoms with Crippen molar-refractivity contribution >= 4 is 40.3 Å². The van der Waals surface area contributed by atoms with E-state index in [0.717, 1.165) is 37.0 Å². The highest BCUT2D eigenvalue weighted by atomic mass is 35.5. The van der Waals surface area contributed by atoms with Gasteiger partial charge in [0.05, 0.1) is 6.54 Å². The van der Waals surface area contributed by atoms with Crippen LogP contribution in [0.2, 0.25) is 10.0 Å². The van der Waals surface area contributed by atoms with E-state index in [4.69, 9.17) is 49.4 Å². The zero-order valence-electron chi connectivity index (χ0n) is 24.2. The summed E-state index contributed by atoms with van der Waals surface area (Å²) in [5, 5.41) is 25.1. The first-order chi connectivity index (χ1) is 21.3. The molecule has 4 aromatic rings. The van der Waals surface area contributed by atoms with Gasteiger partial charge in [0, 0.05) is 39.8 Å². The number of nitrogens with zero attached hydrogens (tertiary/aromatic N) is 3. The molecule has 5 N–H and O–H groups in total. The van der Waals surface area contributed by atoms with Crippen molar-refractivity contribution < 1.29 is 14.6 Å². The molecule has 228 valence electrons. The van der Waals surface area contributed by atoms with Crippen molar-refractivity contribution in [2.45, 2.75) is 50.9 Å². The van der Waals surface area contributed by atoms with Gasteiger partial charge in [-0.2, -0.15) is 10.4 Å². The smallest absolute Gasteiger partial charge is 0.197 e. The normalized spacial score (nSPS) is 17.3. The minimum Gasteiger partial charge on any atom is -0.492 e. The van der Waals surface area contributed by atoms with E-state index in [1.54, 1.807) is 35.1 Å². The maximum atomic E-state index is 10.6. The number of allylic oxidation sites excluding steroid dienone is 2. The molecular formula is C34H35Cl2N5O3. The molecule has 5 rings (SSSR count). The first kappa shape index (κ1) is 31.3. The highest BCUT2D eigenvalue weighted by Crippen LogP contribution is 2.41. The molecule has 8 nitrogen and oxygen atoms in total. The van der Waals surface area contributed by atoms with E-state index in [1.165, 1.54) is 11.1 Å². The van der Waals surface area contributed by atoms with E-state index in [2.05, 4.69) is 23.3 Å². The Bertz CT molecular complexity index is 1630. The molecule has 0 radical (unpaired) electrons. The van der Waals surface area contributed by atoms with Crippen LogP contribution >= 0.6 is 23.2 Å². The molecule has 1 aromatic heterocycles. The second-order valence-electron chi connectivity index (χ2n) is 11.0. The zero-order valence-corrected chi connectivity index (χ0v) is 25.7. The van der Waals surface area contributed by atoms with Crippen LogP contribution in [0.4, 0.5) is 11.5 Å². The third-order valence-electron chi connectivity index (χ3n) is 7.89. The quantitative estimate of drug-likeness (QED) is 0.116. The van der Waals surface area contributed by atoms with Crippen LogP contribution in [0.15, 0.2) is 79.0 Å². The first-order valence-electron chi connectivity index (χ1n) is 14.6. The van der Waals surface area contributed by atoms with Crippen LogP contribution < -0.4 is 20.9 Å². The number of hydrogen-bond donors (Lipinski definition) is 3. The van der Waals surface area contributed by atoms with Gasteiger partial charge in [0.25, 0.3) is 0 Å². The Labute approximate surface area is 267 Å². The predicted molar refractivity (Wildman–Crippen MR) is 175 cm³/mol. The third kappa shape index (κ3) is 8.26. The predicted octanol–water partition coefficient (Wildman–Crippen LogP) is 7.45. The summed E-state index contributed by atoms with van der Waals surface area (Å²) >= 11 is 12.3. The van der Waals surface area contributed by atoms with Crippen LogP contribution in [0.5, 0.6) is 11.5 Å². The van der Waals surface area contributed by atoms with Crippen LogP contribution in [-0.2, 0) is 6.54 Å². The lowest BCUT2D eigenvalue weighted by atomic mass is 9.86. The van der Waals surface area contributed by atoms with Gasteiger partial charge in [-0.1, -0.05) is 41.4 Å². The van der Waals surface area contributed by atoms with E-state index in [-0.39, 0.29) is 11.7 Å². The Morgan fingerprint density at radius 2 is 1.75 bits per heavy atom. The monoisotopic (exact) mass is 631 g/mol. The van der Waals surface area contributed by atoms with Crippen molar-refractivity contribution in [2.75, 3.05) is 18.1 Å². The molecule has 0 bridgehead atoms. The maximum Gasteiger partial charge on any atom is 0.197 e. The Balaban J connectivity index is 1.27. The number of nitrogens with two attached hydrogens (primary N) is 2. The molecule has 3 atom stereocenters. The second-order valence-corrected chi connectivity index (χ2v) is 11.9. The SMILES string of the molecule is N#Cc1cn(CCOc2ccc(C3C=C(c4cc(Cl)ccc4N)CCC(CCC(O)Oc4ccc(Cl)cc4)C3)cc2)nc1N. The average Bonchev–Trinajstić information content (AvgIpc) is 3.24. The van der Waals surface area contributed by atoms with Gasteiger partial charge in [-0.3, -0.25) is 4.68 Å². The number of anilines is 2. The highest BCUT2D eigenvalue weighted by molar-refractivity contribution is 6.31. The largest absolute Gasteiger partial charge is 0.492 e. The van der Waals surface area contributed by atoms with Gasteiger partial charge in [0.1, 0.15) is 29.7 Å². The third-order valence-corrected chi connectivity index (χ3v) is 8.38. The van der Waals surface area contributed by atoms with Crippen LogP contribution in [0.3, 0.4) is 0 Å². The van der Waals surface area contributed by atoms with Crippen LogP contribution in [0, 0.1) is 17.2 Å². The topological polar surface area (TPSA) is 132 Å². The molecule has 3 aromatic carbocycles. The summed E-state index contributed by atoms with van der Waals surface area (Å²) in [7, 11) is 0. The summed E-state index contributed by atoms with van der Waals surface area (Å²) < 4.78 is 13.3. The minimum atomic E-state index is -0.907. The molecule has 1 aliphatic carbocycles. The summed E-state index contributed by atoms with van der Waals surface area (Å²) in [6.07, 6.45) is 7.07. The van der Waals surface area contributed by atoms with Crippen molar-refractivity contribution in [3.63, 3.8) is 0 Å². The number of hydrogen-bond acceptors (Lipinski definition) is 7. The van der Waals surface area contributed by atoms with E-state index < -0.39 is 6.29 Å². The number of nitrogen functional groups attached to an aromatic ring is 2. The minimum absolute atomic E-state index is 0.135. The molecule has 0 aliphatic heterocycles. The Morgan fingerprint density at radius 1 is 1.02 bits per heavy atom. The number of nitriles is 1. The fraction of sp³-hybridized carbons (Fsp3) is 0.294. The lowest BCUT2D eigenvalue weighted by Crippen LogP contribution is -2.17. The lowest BCUT2D eigenvalue weighted by Gasteiger charge is -2.21. The van der Waals surface area contributed by atoms with Crippen LogP contribution in [0.25, 0.3) is 5.57 Å².